The van der Waals surface area contributed by atoms with Crippen molar-refractivity contribution >= 4 is 0 Å². The maximum absolute atomic E-state index is 13.2. The topological polar surface area (TPSA) is 94.3 Å². The number of nitrogens with zero attached hydrogens (tertiary/aromatic N) is 6. The Morgan fingerprint density at radius 2 is 1.85 bits per heavy atom. The van der Waals surface area contributed by atoms with Gasteiger partial charge >= 0.3 is 5.69 Å². The zero-order valence-corrected chi connectivity index (χ0v) is 19.7. The van der Waals surface area contributed by atoms with Gasteiger partial charge in [0, 0.05) is 34.8 Å². The monoisotopic (exact) mass is 445 g/mol. The first-order valence-electron chi connectivity index (χ1n) is 11.6. The summed E-state index contributed by atoms with van der Waals surface area (Å²) in [5.74, 6) is 0.614. The summed E-state index contributed by atoms with van der Waals surface area (Å²) in [7, 11) is 0. The lowest BCUT2D eigenvalue weighted by Gasteiger charge is -2.10. The van der Waals surface area contributed by atoms with E-state index in [-0.39, 0.29) is 11.7 Å². The average Bonchev–Trinajstić information content (AvgIpc) is 3.43. The van der Waals surface area contributed by atoms with Crippen LogP contribution in [0, 0.1) is 6.92 Å². The van der Waals surface area contributed by atoms with Gasteiger partial charge in [0.25, 0.3) is 0 Å². The SMILES string of the molecule is CCCCCc1c(C)n(C(C)C)c(=O)n1Cc1ccc(-c2ccccc2-c2nnn[nH]2)cn1. The number of benzene rings is 1. The fourth-order valence-corrected chi connectivity index (χ4v) is 4.41. The standard InChI is InChI=1S/C25H31N7O/c1-5-6-7-12-23-18(4)32(17(2)3)25(33)31(23)16-20-14-13-19(15-26-20)21-10-8-9-11-22(21)24-27-29-30-28-24/h8-11,13-15,17H,5-7,12,16H2,1-4H3,(H,27,28,29,30). The number of hydrogen-bond donors (Lipinski definition) is 1. The van der Waals surface area contributed by atoms with Crippen LogP contribution in [0.25, 0.3) is 22.5 Å². The van der Waals surface area contributed by atoms with E-state index in [0.717, 1.165) is 59.5 Å². The van der Waals surface area contributed by atoms with Gasteiger partial charge in [-0.1, -0.05) is 50.1 Å². The van der Waals surface area contributed by atoms with Crippen molar-refractivity contribution in [2.75, 3.05) is 0 Å². The van der Waals surface area contributed by atoms with Crippen LogP contribution in [0.15, 0.2) is 47.4 Å². The number of aromatic amines is 1. The fourth-order valence-electron chi connectivity index (χ4n) is 4.41. The Bertz CT molecular complexity index is 1250. The molecule has 4 rings (SSSR count). The summed E-state index contributed by atoms with van der Waals surface area (Å²) >= 11 is 0. The molecule has 33 heavy (non-hydrogen) atoms. The van der Waals surface area contributed by atoms with Gasteiger partial charge < -0.3 is 0 Å². The number of unbranched alkanes of at least 4 members (excludes halogenated alkanes) is 2. The predicted molar refractivity (Wildman–Crippen MR) is 129 cm³/mol. The van der Waals surface area contributed by atoms with Gasteiger partial charge in [-0.25, -0.2) is 9.89 Å². The molecule has 0 amide bonds. The zero-order chi connectivity index (χ0) is 23.4. The smallest absolute Gasteiger partial charge is 0.294 e. The van der Waals surface area contributed by atoms with E-state index >= 15 is 0 Å². The van der Waals surface area contributed by atoms with Gasteiger partial charge in [-0.05, 0) is 55.7 Å². The van der Waals surface area contributed by atoms with Gasteiger partial charge in [0.15, 0.2) is 5.82 Å². The Balaban J connectivity index is 1.65. The second kappa shape index (κ2) is 9.94. The highest BCUT2D eigenvalue weighted by atomic mass is 16.1. The van der Waals surface area contributed by atoms with Gasteiger partial charge in [0.05, 0.1) is 12.2 Å². The van der Waals surface area contributed by atoms with Crippen LogP contribution in [0.4, 0.5) is 0 Å². The number of pyridine rings is 1. The maximum Gasteiger partial charge on any atom is 0.329 e. The molecule has 1 aromatic carbocycles. The molecule has 0 fully saturated rings. The minimum absolute atomic E-state index is 0.0445. The molecule has 0 saturated carbocycles. The van der Waals surface area contributed by atoms with E-state index in [4.69, 9.17) is 4.98 Å². The maximum atomic E-state index is 13.2. The minimum Gasteiger partial charge on any atom is -0.294 e. The second-order valence-corrected chi connectivity index (χ2v) is 8.66. The Hall–Kier alpha value is -3.55. The number of rotatable bonds is 9. The molecular formula is C25H31N7O. The van der Waals surface area contributed by atoms with E-state index in [9.17, 15) is 4.79 Å². The zero-order valence-electron chi connectivity index (χ0n) is 19.7. The van der Waals surface area contributed by atoms with Crippen molar-refractivity contribution in [2.24, 2.45) is 0 Å². The molecule has 0 saturated heterocycles. The van der Waals surface area contributed by atoms with Gasteiger partial charge in [-0.15, -0.1) is 5.10 Å². The molecule has 3 aromatic heterocycles. The third-order valence-electron chi connectivity index (χ3n) is 6.06. The van der Waals surface area contributed by atoms with E-state index in [1.165, 1.54) is 0 Å². The van der Waals surface area contributed by atoms with Crippen LogP contribution in [-0.2, 0) is 13.0 Å². The Morgan fingerprint density at radius 1 is 1.06 bits per heavy atom. The molecule has 8 heteroatoms. The summed E-state index contributed by atoms with van der Waals surface area (Å²) in [6.45, 7) is 8.84. The van der Waals surface area contributed by atoms with Crippen LogP contribution in [0.5, 0.6) is 0 Å². The number of H-pyrrole nitrogens is 1. The van der Waals surface area contributed by atoms with Crippen molar-refractivity contribution in [3.05, 3.63) is 70.2 Å². The van der Waals surface area contributed by atoms with Gasteiger partial charge in [-0.2, -0.15) is 0 Å². The number of hydrogen-bond acceptors (Lipinski definition) is 5. The van der Waals surface area contributed by atoms with Gasteiger partial charge in [0.1, 0.15) is 0 Å². The van der Waals surface area contributed by atoms with Crippen LogP contribution in [-0.4, -0.2) is 34.7 Å². The molecular weight excluding hydrogens is 414 g/mol. The van der Waals surface area contributed by atoms with E-state index in [1.54, 1.807) is 0 Å². The van der Waals surface area contributed by atoms with Gasteiger partial charge in [0.2, 0.25) is 0 Å². The average molecular weight is 446 g/mol. The summed E-state index contributed by atoms with van der Waals surface area (Å²) in [5, 5.41) is 14.2. The van der Waals surface area contributed by atoms with Crippen LogP contribution in [0.3, 0.4) is 0 Å². The summed E-state index contributed by atoms with van der Waals surface area (Å²) in [4.78, 5) is 17.9. The molecule has 3 heterocycles. The summed E-state index contributed by atoms with van der Waals surface area (Å²) in [5.41, 5.74) is 5.97. The van der Waals surface area contributed by atoms with Crippen LogP contribution in [0.1, 0.15) is 63.2 Å². The van der Waals surface area contributed by atoms with Crippen LogP contribution < -0.4 is 5.69 Å². The first-order valence-corrected chi connectivity index (χ1v) is 11.6. The molecule has 0 unspecified atom stereocenters. The summed E-state index contributed by atoms with van der Waals surface area (Å²) < 4.78 is 3.80. The number of tetrazole rings is 1. The second-order valence-electron chi connectivity index (χ2n) is 8.66. The predicted octanol–water partition coefficient (Wildman–Crippen LogP) is 4.56. The molecule has 0 radical (unpaired) electrons. The minimum atomic E-state index is 0.0445. The highest BCUT2D eigenvalue weighted by Gasteiger charge is 2.19. The molecule has 0 aliphatic rings. The lowest BCUT2D eigenvalue weighted by molar-refractivity contribution is 0.549. The number of imidazole rings is 1. The van der Waals surface area contributed by atoms with Crippen LogP contribution >= 0.6 is 0 Å². The first kappa shape index (κ1) is 22.6. The highest BCUT2D eigenvalue weighted by Crippen LogP contribution is 2.29. The van der Waals surface area contributed by atoms with E-state index in [0.29, 0.717) is 12.4 Å². The van der Waals surface area contributed by atoms with Crippen LogP contribution in [0.2, 0.25) is 0 Å². The Kier molecular flexibility index (Phi) is 6.82. The van der Waals surface area contributed by atoms with Crippen molar-refractivity contribution in [2.45, 2.75) is 66.0 Å². The van der Waals surface area contributed by atoms with Crippen molar-refractivity contribution in [1.82, 2.24) is 34.7 Å². The number of nitrogens with one attached hydrogen (secondary N) is 1. The van der Waals surface area contributed by atoms with Crippen molar-refractivity contribution in [3.8, 4) is 22.5 Å². The molecule has 0 spiro atoms. The normalized spacial score (nSPS) is 11.4. The van der Waals surface area contributed by atoms with Crippen molar-refractivity contribution in [1.29, 1.82) is 0 Å². The molecule has 1 N–H and O–H groups in total. The number of aromatic nitrogens is 7. The van der Waals surface area contributed by atoms with E-state index < -0.39 is 0 Å². The molecule has 8 nitrogen and oxygen atoms in total. The Labute approximate surface area is 193 Å². The van der Waals surface area contributed by atoms with Crippen molar-refractivity contribution in [3.63, 3.8) is 0 Å². The largest absolute Gasteiger partial charge is 0.329 e. The molecule has 0 aliphatic heterocycles. The van der Waals surface area contributed by atoms with E-state index in [2.05, 4.69) is 48.3 Å². The summed E-state index contributed by atoms with van der Waals surface area (Å²) in [6, 6.07) is 12.1. The summed E-state index contributed by atoms with van der Waals surface area (Å²) in [6.07, 6.45) is 6.16. The molecule has 4 aromatic rings. The Morgan fingerprint density at radius 3 is 2.48 bits per heavy atom. The molecule has 0 aliphatic carbocycles. The third-order valence-corrected chi connectivity index (χ3v) is 6.06. The van der Waals surface area contributed by atoms with Crippen molar-refractivity contribution < 1.29 is 0 Å². The molecule has 0 atom stereocenters. The molecule has 172 valence electrons. The highest BCUT2D eigenvalue weighted by molar-refractivity contribution is 5.79. The van der Waals surface area contributed by atoms with E-state index in [1.807, 2.05) is 51.7 Å². The lowest BCUT2D eigenvalue weighted by atomic mass is 10.0. The van der Waals surface area contributed by atoms with Gasteiger partial charge in [-0.3, -0.25) is 14.1 Å². The first-order chi connectivity index (χ1) is 16.0. The molecule has 0 bridgehead atoms. The fraction of sp³-hybridized carbons (Fsp3) is 0.400. The third kappa shape index (κ3) is 4.65. The quantitative estimate of drug-likeness (QED) is 0.381. The lowest BCUT2D eigenvalue weighted by Crippen LogP contribution is -2.27.